The van der Waals surface area contributed by atoms with E-state index in [4.69, 9.17) is 5.11 Å². The third-order valence-electron chi connectivity index (χ3n) is 3.49. The van der Waals surface area contributed by atoms with Gasteiger partial charge in [-0.25, -0.2) is 14.8 Å². The molecule has 0 aliphatic carbocycles. The molecule has 0 bridgehead atoms. The van der Waals surface area contributed by atoms with E-state index < -0.39 is 5.97 Å². The van der Waals surface area contributed by atoms with Gasteiger partial charge < -0.3 is 10.0 Å². The number of hydrogen-bond donors (Lipinski definition) is 1. The third-order valence-corrected chi connectivity index (χ3v) is 4.41. The van der Waals surface area contributed by atoms with Gasteiger partial charge in [0.1, 0.15) is 5.82 Å². The minimum absolute atomic E-state index is 0.0495. The second-order valence-corrected chi connectivity index (χ2v) is 7.77. The van der Waals surface area contributed by atoms with E-state index in [9.17, 15) is 4.79 Å². The molecule has 2 rings (SSSR count). The third kappa shape index (κ3) is 4.71. The number of rotatable bonds is 5. The van der Waals surface area contributed by atoms with Crippen LogP contribution in [0.3, 0.4) is 0 Å². The van der Waals surface area contributed by atoms with Crippen molar-refractivity contribution in [3.63, 3.8) is 0 Å². The molecular formula is C18H23N3O2S. The van der Waals surface area contributed by atoms with Crippen molar-refractivity contribution in [3.05, 3.63) is 47.2 Å². The molecule has 1 aromatic heterocycles. The van der Waals surface area contributed by atoms with Gasteiger partial charge in [0.2, 0.25) is 0 Å². The lowest BCUT2D eigenvalue weighted by molar-refractivity contribution is 0.0697. The summed E-state index contributed by atoms with van der Waals surface area (Å²) in [5.41, 5.74) is 2.29. The van der Waals surface area contributed by atoms with E-state index in [2.05, 4.69) is 30.7 Å². The Balaban J connectivity index is 2.19. The van der Waals surface area contributed by atoms with Gasteiger partial charge in [0.05, 0.1) is 11.3 Å². The highest BCUT2D eigenvalue weighted by Gasteiger charge is 2.18. The lowest BCUT2D eigenvalue weighted by Crippen LogP contribution is -2.18. The van der Waals surface area contributed by atoms with Crippen LogP contribution < -0.4 is 4.90 Å². The van der Waals surface area contributed by atoms with Crippen LogP contribution in [-0.4, -0.2) is 35.1 Å². The summed E-state index contributed by atoms with van der Waals surface area (Å²) in [4.78, 5) is 22.1. The first kappa shape index (κ1) is 18.3. The number of anilines is 1. The summed E-state index contributed by atoms with van der Waals surface area (Å²) in [5, 5.41) is 9.67. The zero-order valence-electron chi connectivity index (χ0n) is 14.7. The van der Waals surface area contributed by atoms with Crippen LogP contribution in [0.4, 0.5) is 5.82 Å². The molecule has 128 valence electrons. The van der Waals surface area contributed by atoms with Crippen LogP contribution in [0.25, 0.3) is 0 Å². The fourth-order valence-electron chi connectivity index (χ4n) is 1.98. The van der Waals surface area contributed by atoms with Crippen molar-refractivity contribution >= 4 is 23.5 Å². The smallest absolute Gasteiger partial charge is 0.335 e. The number of carboxylic acid groups (broad SMARTS) is 1. The maximum Gasteiger partial charge on any atom is 0.335 e. The molecule has 0 saturated heterocycles. The SMILES string of the molecule is CN(C)c1cc(C(C)(C)C)nc(SCc2ccc(C(=O)O)cc2)n1. The molecule has 0 saturated carbocycles. The Morgan fingerprint density at radius 3 is 2.29 bits per heavy atom. The van der Waals surface area contributed by atoms with Crippen molar-refractivity contribution in [1.82, 2.24) is 9.97 Å². The first-order valence-corrected chi connectivity index (χ1v) is 8.67. The number of aromatic nitrogens is 2. The van der Waals surface area contributed by atoms with Gasteiger partial charge >= 0.3 is 5.97 Å². The van der Waals surface area contributed by atoms with Gasteiger partial charge in [-0.1, -0.05) is 44.7 Å². The summed E-state index contributed by atoms with van der Waals surface area (Å²) in [6.07, 6.45) is 0. The van der Waals surface area contributed by atoms with Crippen LogP contribution in [-0.2, 0) is 11.2 Å². The Morgan fingerprint density at radius 2 is 1.79 bits per heavy atom. The van der Waals surface area contributed by atoms with Gasteiger partial charge in [-0.15, -0.1) is 0 Å². The molecule has 24 heavy (non-hydrogen) atoms. The molecule has 6 heteroatoms. The predicted molar refractivity (Wildman–Crippen MR) is 98.0 cm³/mol. The van der Waals surface area contributed by atoms with Crippen LogP contribution in [0.2, 0.25) is 0 Å². The number of aromatic carboxylic acids is 1. The summed E-state index contributed by atoms with van der Waals surface area (Å²) in [6, 6.07) is 8.92. The molecule has 1 aromatic carbocycles. The number of carboxylic acids is 1. The first-order valence-electron chi connectivity index (χ1n) is 7.69. The Labute approximate surface area is 147 Å². The lowest BCUT2D eigenvalue weighted by Gasteiger charge is -2.21. The molecule has 0 atom stereocenters. The Morgan fingerprint density at radius 1 is 1.17 bits per heavy atom. The number of nitrogens with zero attached hydrogens (tertiary/aromatic N) is 3. The fourth-order valence-corrected chi connectivity index (χ4v) is 2.79. The zero-order chi connectivity index (χ0) is 17.9. The Bertz CT molecular complexity index is 722. The van der Waals surface area contributed by atoms with Gasteiger partial charge in [0, 0.05) is 31.3 Å². The number of thioether (sulfide) groups is 1. The molecular weight excluding hydrogens is 322 g/mol. The van der Waals surface area contributed by atoms with Crippen molar-refractivity contribution in [2.24, 2.45) is 0 Å². The summed E-state index contributed by atoms with van der Waals surface area (Å²) in [5.74, 6) is 0.671. The summed E-state index contributed by atoms with van der Waals surface area (Å²) >= 11 is 1.55. The van der Waals surface area contributed by atoms with E-state index in [1.54, 1.807) is 23.9 Å². The van der Waals surface area contributed by atoms with Crippen molar-refractivity contribution in [2.45, 2.75) is 37.1 Å². The van der Waals surface area contributed by atoms with Gasteiger partial charge in [0.25, 0.3) is 0 Å². The number of carbonyl (C=O) groups is 1. The topological polar surface area (TPSA) is 66.3 Å². The van der Waals surface area contributed by atoms with E-state index in [1.165, 1.54) is 0 Å². The Kier molecular flexibility index (Phi) is 5.49. The van der Waals surface area contributed by atoms with Crippen molar-refractivity contribution in [3.8, 4) is 0 Å². The van der Waals surface area contributed by atoms with Crippen molar-refractivity contribution in [2.75, 3.05) is 19.0 Å². The minimum atomic E-state index is -0.911. The highest BCUT2D eigenvalue weighted by atomic mass is 32.2. The van der Waals surface area contributed by atoms with Crippen LogP contribution in [0.5, 0.6) is 0 Å². The zero-order valence-corrected chi connectivity index (χ0v) is 15.5. The van der Waals surface area contributed by atoms with Crippen molar-refractivity contribution in [1.29, 1.82) is 0 Å². The predicted octanol–water partition coefficient (Wildman–Crippen LogP) is 3.83. The van der Waals surface area contributed by atoms with Crippen LogP contribution in [0.15, 0.2) is 35.5 Å². The fraction of sp³-hybridized carbons (Fsp3) is 0.389. The Hall–Kier alpha value is -2.08. The largest absolute Gasteiger partial charge is 0.478 e. The second-order valence-electron chi connectivity index (χ2n) is 6.83. The van der Waals surface area contributed by atoms with Gasteiger partial charge in [-0.3, -0.25) is 0 Å². The summed E-state index contributed by atoms with van der Waals surface area (Å²) in [7, 11) is 3.93. The first-order chi connectivity index (χ1) is 11.2. The molecule has 5 nitrogen and oxygen atoms in total. The molecule has 0 spiro atoms. The van der Waals surface area contributed by atoms with E-state index >= 15 is 0 Å². The van der Waals surface area contributed by atoms with Gasteiger partial charge in [0.15, 0.2) is 5.16 Å². The molecule has 1 N–H and O–H groups in total. The molecule has 0 unspecified atom stereocenters. The minimum Gasteiger partial charge on any atom is -0.478 e. The average molecular weight is 345 g/mol. The van der Waals surface area contributed by atoms with Gasteiger partial charge in [-0.05, 0) is 17.7 Å². The molecule has 0 aliphatic heterocycles. The molecule has 1 heterocycles. The summed E-state index contributed by atoms with van der Waals surface area (Å²) in [6.45, 7) is 6.40. The molecule has 0 aliphatic rings. The van der Waals surface area contributed by atoms with E-state index in [0.29, 0.717) is 11.3 Å². The standard InChI is InChI=1S/C18H23N3O2S/c1-18(2,3)14-10-15(21(4)5)20-17(19-14)24-11-12-6-8-13(9-7-12)16(22)23/h6-10H,11H2,1-5H3,(H,22,23). The van der Waals surface area contributed by atoms with Crippen LogP contribution in [0, 0.1) is 0 Å². The number of benzene rings is 1. The summed E-state index contributed by atoms with van der Waals surface area (Å²) < 4.78 is 0. The molecule has 0 amide bonds. The van der Waals surface area contributed by atoms with Crippen molar-refractivity contribution < 1.29 is 9.90 Å². The maximum absolute atomic E-state index is 10.9. The number of hydrogen-bond acceptors (Lipinski definition) is 5. The van der Waals surface area contributed by atoms with E-state index in [0.717, 1.165) is 22.2 Å². The molecule has 2 aromatic rings. The van der Waals surface area contributed by atoms with E-state index in [-0.39, 0.29) is 5.41 Å². The van der Waals surface area contributed by atoms with Crippen LogP contribution >= 0.6 is 11.8 Å². The highest BCUT2D eigenvalue weighted by Crippen LogP contribution is 2.27. The average Bonchev–Trinajstić information content (AvgIpc) is 2.52. The molecule has 0 radical (unpaired) electrons. The molecule has 0 fully saturated rings. The highest BCUT2D eigenvalue weighted by molar-refractivity contribution is 7.98. The van der Waals surface area contributed by atoms with Gasteiger partial charge in [-0.2, -0.15) is 0 Å². The monoisotopic (exact) mass is 345 g/mol. The lowest BCUT2D eigenvalue weighted by atomic mass is 9.92. The van der Waals surface area contributed by atoms with E-state index in [1.807, 2.05) is 37.2 Å². The maximum atomic E-state index is 10.9. The second kappa shape index (κ2) is 7.21. The quantitative estimate of drug-likeness (QED) is 0.656. The van der Waals surface area contributed by atoms with Crippen LogP contribution in [0.1, 0.15) is 42.4 Å². The normalized spacial score (nSPS) is 11.4.